The number of nitrogens with zero attached hydrogens (tertiary/aromatic N) is 4. The summed E-state index contributed by atoms with van der Waals surface area (Å²) in [5, 5.41) is 7.08. The van der Waals surface area contributed by atoms with Crippen molar-refractivity contribution in [2.24, 2.45) is 4.99 Å². The third-order valence-electron chi connectivity index (χ3n) is 5.44. The smallest absolute Gasteiger partial charge is 0.191 e. The third kappa shape index (κ3) is 7.50. The van der Waals surface area contributed by atoms with Crippen molar-refractivity contribution in [3.05, 3.63) is 0 Å². The van der Waals surface area contributed by atoms with Crippen molar-refractivity contribution in [2.45, 2.75) is 52.1 Å². The number of likely N-dealkylation sites (N-methyl/N-ethyl adjacent to an activating group) is 1. The first-order chi connectivity index (χ1) is 12.1. The van der Waals surface area contributed by atoms with Gasteiger partial charge in [-0.1, -0.05) is 0 Å². The minimum Gasteiger partial charge on any atom is -0.357 e. The third-order valence-corrected chi connectivity index (χ3v) is 5.44. The summed E-state index contributed by atoms with van der Waals surface area (Å²) in [7, 11) is 2.22. The molecule has 146 valence electrons. The molecular formula is C19H40N6. The molecule has 2 rings (SSSR count). The first-order valence-electron chi connectivity index (χ1n) is 10.3. The summed E-state index contributed by atoms with van der Waals surface area (Å²) in [6.45, 7) is 16.7. The first kappa shape index (κ1) is 20.5. The average Bonchev–Trinajstić information content (AvgIpc) is 2.80. The van der Waals surface area contributed by atoms with Gasteiger partial charge < -0.3 is 25.3 Å². The van der Waals surface area contributed by atoms with Crippen LogP contribution in [-0.4, -0.2) is 98.7 Å². The summed E-state index contributed by atoms with van der Waals surface area (Å²) < 4.78 is 0. The second-order valence-corrected chi connectivity index (χ2v) is 7.81. The predicted octanol–water partition coefficient (Wildman–Crippen LogP) is 1.05. The van der Waals surface area contributed by atoms with E-state index in [0.29, 0.717) is 12.1 Å². The lowest BCUT2D eigenvalue weighted by Gasteiger charge is -2.35. The van der Waals surface area contributed by atoms with Crippen molar-refractivity contribution in [2.75, 3.05) is 66.0 Å². The van der Waals surface area contributed by atoms with Crippen LogP contribution in [0.25, 0.3) is 0 Å². The van der Waals surface area contributed by atoms with Gasteiger partial charge in [0.05, 0.1) is 6.54 Å². The molecule has 2 fully saturated rings. The standard InChI is InChI=1S/C19H40N6/c1-5-20-19(22-18-7-12-25(13-8-18)17(2)3)21-9-14-24-11-6-10-23(4)15-16-24/h17-18H,5-16H2,1-4H3,(H2,20,21,22). The lowest BCUT2D eigenvalue weighted by Crippen LogP contribution is -2.50. The van der Waals surface area contributed by atoms with Crippen LogP contribution in [0.2, 0.25) is 0 Å². The fourth-order valence-corrected chi connectivity index (χ4v) is 3.70. The second kappa shape index (κ2) is 11.0. The monoisotopic (exact) mass is 352 g/mol. The molecule has 0 amide bonds. The van der Waals surface area contributed by atoms with Crippen molar-refractivity contribution in [3.8, 4) is 0 Å². The van der Waals surface area contributed by atoms with E-state index in [9.17, 15) is 0 Å². The van der Waals surface area contributed by atoms with E-state index in [0.717, 1.165) is 25.6 Å². The van der Waals surface area contributed by atoms with E-state index in [4.69, 9.17) is 4.99 Å². The Morgan fingerprint density at radius 3 is 2.52 bits per heavy atom. The molecule has 0 bridgehead atoms. The summed E-state index contributed by atoms with van der Waals surface area (Å²) in [5.41, 5.74) is 0. The Bertz CT molecular complexity index is 389. The van der Waals surface area contributed by atoms with Gasteiger partial charge in [-0.2, -0.15) is 0 Å². The van der Waals surface area contributed by atoms with Crippen LogP contribution >= 0.6 is 0 Å². The fourth-order valence-electron chi connectivity index (χ4n) is 3.70. The number of piperidine rings is 1. The Labute approximate surface area is 155 Å². The summed E-state index contributed by atoms with van der Waals surface area (Å²) in [4.78, 5) is 12.4. The lowest BCUT2D eigenvalue weighted by molar-refractivity contribution is 0.167. The first-order valence-corrected chi connectivity index (χ1v) is 10.3. The van der Waals surface area contributed by atoms with E-state index in [1.807, 2.05) is 0 Å². The summed E-state index contributed by atoms with van der Waals surface area (Å²) in [5.74, 6) is 0.998. The molecule has 0 radical (unpaired) electrons. The van der Waals surface area contributed by atoms with Crippen LogP contribution in [0, 0.1) is 0 Å². The van der Waals surface area contributed by atoms with E-state index in [-0.39, 0.29) is 0 Å². The zero-order valence-corrected chi connectivity index (χ0v) is 16.9. The van der Waals surface area contributed by atoms with Crippen molar-refractivity contribution in [3.63, 3.8) is 0 Å². The van der Waals surface area contributed by atoms with Crippen LogP contribution in [0.3, 0.4) is 0 Å². The van der Waals surface area contributed by atoms with Crippen LogP contribution in [-0.2, 0) is 0 Å². The molecule has 0 aromatic rings. The minimum absolute atomic E-state index is 0.555. The van der Waals surface area contributed by atoms with E-state index in [1.54, 1.807) is 0 Å². The van der Waals surface area contributed by atoms with Crippen LogP contribution in [0.5, 0.6) is 0 Å². The van der Waals surface area contributed by atoms with Crippen LogP contribution in [0.15, 0.2) is 4.99 Å². The molecule has 2 aliphatic rings. The number of nitrogens with one attached hydrogen (secondary N) is 2. The van der Waals surface area contributed by atoms with Gasteiger partial charge in [-0.05, 0) is 60.2 Å². The van der Waals surface area contributed by atoms with E-state index in [2.05, 4.69) is 53.2 Å². The SMILES string of the molecule is CCNC(=NCCN1CCCN(C)CC1)NC1CCN(C(C)C)CC1. The van der Waals surface area contributed by atoms with Gasteiger partial charge in [0.25, 0.3) is 0 Å². The Kier molecular flexibility index (Phi) is 8.99. The molecule has 2 N–H and O–H groups in total. The van der Waals surface area contributed by atoms with Gasteiger partial charge in [-0.25, -0.2) is 0 Å². The Hall–Kier alpha value is -0.850. The van der Waals surface area contributed by atoms with E-state index in [1.165, 1.54) is 58.5 Å². The topological polar surface area (TPSA) is 46.1 Å². The van der Waals surface area contributed by atoms with Gasteiger partial charge in [-0.3, -0.25) is 4.99 Å². The van der Waals surface area contributed by atoms with Crippen molar-refractivity contribution < 1.29 is 0 Å². The van der Waals surface area contributed by atoms with Gasteiger partial charge in [0.2, 0.25) is 0 Å². The molecule has 6 nitrogen and oxygen atoms in total. The quantitative estimate of drug-likeness (QED) is 0.553. The zero-order chi connectivity index (χ0) is 18.1. The molecule has 0 saturated carbocycles. The molecule has 0 atom stereocenters. The zero-order valence-electron chi connectivity index (χ0n) is 16.9. The van der Waals surface area contributed by atoms with Crippen molar-refractivity contribution in [1.29, 1.82) is 0 Å². The average molecular weight is 353 g/mol. The highest BCUT2D eigenvalue weighted by Crippen LogP contribution is 2.12. The normalized spacial score (nSPS) is 23.0. The number of likely N-dealkylation sites (tertiary alicyclic amines) is 1. The Morgan fingerprint density at radius 1 is 1.08 bits per heavy atom. The van der Waals surface area contributed by atoms with Gasteiger partial charge in [0, 0.05) is 51.4 Å². The molecule has 2 heterocycles. The summed E-state index contributed by atoms with van der Waals surface area (Å²) in [6, 6.07) is 1.22. The number of aliphatic imine (C=N–C) groups is 1. The minimum atomic E-state index is 0.555. The van der Waals surface area contributed by atoms with Gasteiger partial charge >= 0.3 is 0 Å². The number of hydrogen-bond acceptors (Lipinski definition) is 4. The fraction of sp³-hybridized carbons (Fsp3) is 0.947. The van der Waals surface area contributed by atoms with Crippen LogP contribution in [0.4, 0.5) is 0 Å². The highest BCUT2D eigenvalue weighted by Gasteiger charge is 2.21. The molecule has 0 aromatic heterocycles. The molecule has 25 heavy (non-hydrogen) atoms. The van der Waals surface area contributed by atoms with Gasteiger partial charge in [0.1, 0.15) is 0 Å². The van der Waals surface area contributed by atoms with Crippen molar-refractivity contribution >= 4 is 5.96 Å². The van der Waals surface area contributed by atoms with E-state index >= 15 is 0 Å². The number of guanidine groups is 1. The maximum atomic E-state index is 4.83. The molecule has 2 aliphatic heterocycles. The maximum Gasteiger partial charge on any atom is 0.191 e. The molecule has 0 unspecified atom stereocenters. The number of hydrogen-bond donors (Lipinski definition) is 2. The van der Waals surface area contributed by atoms with Crippen molar-refractivity contribution in [1.82, 2.24) is 25.3 Å². The summed E-state index contributed by atoms with van der Waals surface area (Å²) >= 11 is 0. The Balaban J connectivity index is 1.74. The largest absolute Gasteiger partial charge is 0.357 e. The molecule has 0 aliphatic carbocycles. The number of rotatable bonds is 6. The molecule has 0 aromatic carbocycles. The highest BCUT2D eigenvalue weighted by atomic mass is 15.2. The maximum absolute atomic E-state index is 4.83. The Morgan fingerprint density at radius 2 is 1.84 bits per heavy atom. The van der Waals surface area contributed by atoms with Gasteiger partial charge in [0.15, 0.2) is 5.96 Å². The molecule has 2 saturated heterocycles. The highest BCUT2D eigenvalue weighted by molar-refractivity contribution is 5.80. The molecule has 0 spiro atoms. The molecular weight excluding hydrogens is 312 g/mol. The van der Waals surface area contributed by atoms with Crippen LogP contribution in [0.1, 0.15) is 40.0 Å². The predicted molar refractivity (Wildman–Crippen MR) is 107 cm³/mol. The lowest BCUT2D eigenvalue weighted by atomic mass is 10.0. The second-order valence-electron chi connectivity index (χ2n) is 7.81. The summed E-state index contributed by atoms with van der Waals surface area (Å²) in [6.07, 6.45) is 3.69. The van der Waals surface area contributed by atoms with Gasteiger partial charge in [-0.15, -0.1) is 0 Å². The van der Waals surface area contributed by atoms with Crippen LogP contribution < -0.4 is 10.6 Å². The van der Waals surface area contributed by atoms with E-state index < -0.39 is 0 Å². The molecule has 6 heteroatoms.